The molecule has 0 aliphatic rings. The van der Waals surface area contributed by atoms with Gasteiger partial charge < -0.3 is 34.3 Å². The van der Waals surface area contributed by atoms with Crippen LogP contribution in [0.1, 0.15) is 37.8 Å². The average molecular weight is 459 g/mol. The lowest BCUT2D eigenvalue weighted by molar-refractivity contribution is 0.0532. The highest BCUT2D eigenvalue weighted by molar-refractivity contribution is 5.88. The van der Waals surface area contributed by atoms with Crippen molar-refractivity contribution in [2.24, 2.45) is 0 Å². The van der Waals surface area contributed by atoms with Gasteiger partial charge in [-0.2, -0.15) is 0 Å². The Morgan fingerprint density at radius 3 is 2.33 bits per heavy atom. The minimum absolute atomic E-state index is 0.0113. The predicted octanol–water partition coefficient (Wildman–Crippen LogP) is 3.52. The minimum Gasteiger partial charge on any atom is -0.507 e. The van der Waals surface area contributed by atoms with Crippen LogP contribution in [0.5, 0.6) is 23.0 Å². The van der Waals surface area contributed by atoms with Gasteiger partial charge in [-0.1, -0.05) is 26.7 Å². The van der Waals surface area contributed by atoms with Gasteiger partial charge in [0.25, 0.3) is 0 Å². The number of aliphatic hydroxyl groups is 2. The minimum atomic E-state index is -1.09. The summed E-state index contributed by atoms with van der Waals surface area (Å²) in [4.78, 5) is 13.0. The van der Waals surface area contributed by atoms with E-state index in [4.69, 9.17) is 19.0 Å². The number of hydrogen-bond acceptors (Lipinski definition) is 8. The summed E-state index contributed by atoms with van der Waals surface area (Å²) in [6.07, 6.45) is 1.33. The van der Waals surface area contributed by atoms with Crippen LogP contribution < -0.4 is 14.9 Å². The maximum Gasteiger partial charge on any atom is 0.197 e. The summed E-state index contributed by atoms with van der Waals surface area (Å²) in [5.74, 6) is 0.585. The Morgan fingerprint density at radius 1 is 1.00 bits per heavy atom. The molecule has 3 aromatic rings. The normalized spacial score (nSPS) is 12.2. The van der Waals surface area contributed by atoms with Gasteiger partial charge in [0.15, 0.2) is 16.9 Å². The van der Waals surface area contributed by atoms with Crippen LogP contribution in [0.15, 0.2) is 33.5 Å². The van der Waals surface area contributed by atoms with E-state index < -0.39 is 18.1 Å². The molecule has 4 N–H and O–H groups in total. The van der Waals surface area contributed by atoms with Gasteiger partial charge in [0.1, 0.15) is 40.9 Å². The van der Waals surface area contributed by atoms with Crippen molar-refractivity contribution in [3.05, 3.63) is 45.6 Å². The molecule has 0 amide bonds. The van der Waals surface area contributed by atoms with E-state index in [1.807, 2.05) is 13.8 Å². The third kappa shape index (κ3) is 4.91. The number of phenolic OH excluding ortho intramolecular Hbond substituents is 2. The molecule has 0 saturated carbocycles. The highest BCUT2D eigenvalue weighted by Crippen LogP contribution is 2.40. The first-order valence-electron chi connectivity index (χ1n) is 11.0. The average Bonchev–Trinajstić information content (AvgIpc) is 2.80. The van der Waals surface area contributed by atoms with Crippen molar-refractivity contribution in [2.45, 2.75) is 45.6 Å². The molecule has 0 aliphatic carbocycles. The Morgan fingerprint density at radius 2 is 1.70 bits per heavy atom. The molecule has 1 unspecified atom stereocenters. The summed E-state index contributed by atoms with van der Waals surface area (Å²) in [5, 5.41) is 40.3. The number of ether oxygens (including phenoxy) is 2. The number of methoxy groups -OCH3 is 1. The molecule has 0 spiro atoms. The van der Waals surface area contributed by atoms with Gasteiger partial charge >= 0.3 is 0 Å². The van der Waals surface area contributed by atoms with Crippen molar-refractivity contribution >= 4 is 11.0 Å². The molecule has 0 bridgehead atoms. The molecule has 2 aromatic carbocycles. The summed E-state index contributed by atoms with van der Waals surface area (Å²) < 4.78 is 16.9. The lowest BCUT2D eigenvalue weighted by Crippen LogP contribution is -2.21. The van der Waals surface area contributed by atoms with E-state index in [2.05, 4.69) is 0 Å². The van der Waals surface area contributed by atoms with Gasteiger partial charge in [-0.25, -0.2) is 0 Å². The number of phenols is 2. The molecule has 0 saturated heterocycles. The van der Waals surface area contributed by atoms with Gasteiger partial charge in [-0.15, -0.1) is 0 Å². The van der Waals surface area contributed by atoms with Gasteiger partial charge in [0.05, 0.1) is 13.7 Å². The van der Waals surface area contributed by atoms with E-state index in [0.717, 1.165) is 6.42 Å². The number of aromatic hydroxyl groups is 2. The van der Waals surface area contributed by atoms with Gasteiger partial charge in [0.2, 0.25) is 0 Å². The molecule has 1 aromatic heterocycles. The number of fused-ring (bicyclic) bond motifs is 1. The molecule has 0 radical (unpaired) electrons. The second-order valence-corrected chi connectivity index (χ2v) is 7.84. The van der Waals surface area contributed by atoms with Crippen molar-refractivity contribution in [1.82, 2.24) is 0 Å². The van der Waals surface area contributed by atoms with Crippen LogP contribution in [0, 0.1) is 0 Å². The van der Waals surface area contributed by atoms with Crippen LogP contribution in [0.25, 0.3) is 22.3 Å². The van der Waals surface area contributed by atoms with Crippen molar-refractivity contribution in [2.75, 3.05) is 20.3 Å². The zero-order valence-corrected chi connectivity index (χ0v) is 19.1. The standard InChI is InChI=1S/C25H30O8/c1-4-6-16-15(8-9-19(31-3)24(16)29)21-10-18(28)23-22(33-21)11-20(32-13-14(27)12-26)17(7-5-2)25(23)30/h8-11,14,26-27,29-30H,4-7,12-13H2,1-3H3. The fraction of sp³-hybridized carbons (Fsp3) is 0.400. The van der Waals surface area contributed by atoms with Crippen molar-refractivity contribution in [3.63, 3.8) is 0 Å². The molecule has 3 rings (SSSR count). The third-order valence-electron chi connectivity index (χ3n) is 5.43. The number of rotatable bonds is 10. The second-order valence-electron chi connectivity index (χ2n) is 7.84. The van der Waals surface area contributed by atoms with Gasteiger partial charge in [-0.05, 0) is 25.0 Å². The van der Waals surface area contributed by atoms with Crippen LogP contribution in [0.4, 0.5) is 0 Å². The maximum atomic E-state index is 13.0. The number of benzene rings is 2. The topological polar surface area (TPSA) is 130 Å². The lowest BCUT2D eigenvalue weighted by atomic mass is 9.98. The van der Waals surface area contributed by atoms with Crippen molar-refractivity contribution in [3.8, 4) is 34.3 Å². The molecule has 8 heteroatoms. The Hall–Kier alpha value is -3.23. The monoisotopic (exact) mass is 458 g/mol. The Balaban J connectivity index is 2.22. The lowest BCUT2D eigenvalue weighted by Gasteiger charge is -2.17. The SMILES string of the molecule is CCCc1c(-c2cc(=O)c3c(O)c(CCC)c(OCC(O)CO)cc3o2)ccc(OC)c1O. The van der Waals surface area contributed by atoms with Crippen LogP contribution in [0.3, 0.4) is 0 Å². The summed E-state index contributed by atoms with van der Waals surface area (Å²) in [6.45, 7) is 3.24. The molecule has 1 atom stereocenters. The third-order valence-corrected chi connectivity index (χ3v) is 5.43. The van der Waals surface area contributed by atoms with Crippen molar-refractivity contribution in [1.29, 1.82) is 0 Å². The Bertz CT molecular complexity index is 1180. The van der Waals surface area contributed by atoms with Crippen LogP contribution in [0.2, 0.25) is 0 Å². The first kappa shape index (κ1) is 24.4. The van der Waals surface area contributed by atoms with Crippen LogP contribution >= 0.6 is 0 Å². The largest absolute Gasteiger partial charge is 0.507 e. The van der Waals surface area contributed by atoms with E-state index >= 15 is 0 Å². The quantitative estimate of drug-likeness (QED) is 0.363. The first-order chi connectivity index (χ1) is 15.9. The van der Waals surface area contributed by atoms with E-state index in [0.29, 0.717) is 41.7 Å². The first-order valence-corrected chi connectivity index (χ1v) is 11.0. The fourth-order valence-corrected chi connectivity index (χ4v) is 3.83. The molecule has 1 heterocycles. The molecular formula is C25H30O8. The van der Waals surface area contributed by atoms with Crippen LogP contribution in [-0.2, 0) is 12.8 Å². The number of hydrogen-bond donors (Lipinski definition) is 4. The zero-order valence-electron chi connectivity index (χ0n) is 19.1. The van der Waals surface area contributed by atoms with E-state index in [9.17, 15) is 20.1 Å². The second kappa shape index (κ2) is 10.6. The van der Waals surface area contributed by atoms with Crippen LogP contribution in [-0.4, -0.2) is 46.9 Å². The summed E-state index contributed by atoms with van der Waals surface area (Å²) in [5.41, 5.74) is 1.25. The van der Waals surface area contributed by atoms with E-state index in [1.54, 1.807) is 12.1 Å². The van der Waals surface area contributed by atoms with Gasteiger partial charge in [0, 0.05) is 28.8 Å². The highest BCUT2D eigenvalue weighted by atomic mass is 16.5. The summed E-state index contributed by atoms with van der Waals surface area (Å²) in [7, 11) is 1.46. The van der Waals surface area contributed by atoms with E-state index in [-0.39, 0.29) is 40.6 Å². The fourth-order valence-electron chi connectivity index (χ4n) is 3.83. The number of aliphatic hydroxyl groups excluding tert-OH is 2. The molecule has 8 nitrogen and oxygen atoms in total. The predicted molar refractivity (Wildman–Crippen MR) is 124 cm³/mol. The molecule has 178 valence electrons. The molecule has 0 fully saturated rings. The van der Waals surface area contributed by atoms with Crippen molar-refractivity contribution < 1.29 is 34.3 Å². The van der Waals surface area contributed by atoms with E-state index in [1.165, 1.54) is 19.2 Å². The molecule has 0 aliphatic heterocycles. The Kier molecular flexibility index (Phi) is 7.84. The molecular weight excluding hydrogens is 428 g/mol. The highest BCUT2D eigenvalue weighted by Gasteiger charge is 2.21. The summed E-state index contributed by atoms with van der Waals surface area (Å²) in [6, 6.07) is 6.13. The summed E-state index contributed by atoms with van der Waals surface area (Å²) >= 11 is 0. The van der Waals surface area contributed by atoms with Gasteiger partial charge in [-0.3, -0.25) is 4.79 Å². The maximum absolute atomic E-state index is 13.0. The Labute approximate surface area is 191 Å². The molecule has 33 heavy (non-hydrogen) atoms. The smallest absolute Gasteiger partial charge is 0.197 e. The zero-order chi connectivity index (χ0) is 24.1.